The Kier molecular flexibility index (Phi) is 5.03. The van der Waals surface area contributed by atoms with Gasteiger partial charge in [-0.25, -0.2) is 4.79 Å². The maximum absolute atomic E-state index is 12.9. The lowest BCUT2D eigenvalue weighted by atomic mass is 9.90. The second kappa shape index (κ2) is 7.79. The summed E-state index contributed by atoms with van der Waals surface area (Å²) in [5.74, 6) is -0.961. The topological polar surface area (TPSA) is 99.4 Å². The van der Waals surface area contributed by atoms with Crippen LogP contribution in [-0.4, -0.2) is 28.3 Å². The number of ether oxygens (including phenoxy) is 1. The number of non-ortho nitro benzene ring substituents is 1. The normalized spacial score (nSPS) is 13.0. The second-order valence-electron chi connectivity index (χ2n) is 6.94. The van der Waals surface area contributed by atoms with Crippen LogP contribution < -0.4 is 0 Å². The Balaban J connectivity index is 1.58. The Bertz CT molecular complexity index is 1120. The number of aromatic nitrogens is 1. The van der Waals surface area contributed by atoms with Crippen LogP contribution in [0.25, 0.3) is 10.9 Å². The van der Waals surface area contributed by atoms with Gasteiger partial charge in [-0.3, -0.25) is 19.9 Å². The lowest BCUT2D eigenvalue weighted by molar-refractivity contribution is -0.384. The summed E-state index contributed by atoms with van der Waals surface area (Å²) in [6, 6.07) is 12.6. The summed E-state index contributed by atoms with van der Waals surface area (Å²) >= 11 is 0. The first-order valence-electron chi connectivity index (χ1n) is 9.40. The third kappa shape index (κ3) is 3.71. The van der Waals surface area contributed by atoms with Gasteiger partial charge in [0, 0.05) is 28.8 Å². The summed E-state index contributed by atoms with van der Waals surface area (Å²) < 4.78 is 5.35. The van der Waals surface area contributed by atoms with Crippen molar-refractivity contribution in [2.75, 3.05) is 6.61 Å². The van der Waals surface area contributed by atoms with Crippen LogP contribution in [0.5, 0.6) is 0 Å². The largest absolute Gasteiger partial charge is 0.454 e. The van der Waals surface area contributed by atoms with Gasteiger partial charge in [0.1, 0.15) is 0 Å². The van der Waals surface area contributed by atoms with Gasteiger partial charge in [0.25, 0.3) is 5.69 Å². The maximum Gasteiger partial charge on any atom is 0.339 e. The van der Waals surface area contributed by atoms with Crippen molar-refractivity contribution in [1.82, 2.24) is 4.98 Å². The van der Waals surface area contributed by atoms with Crippen LogP contribution in [0.3, 0.4) is 0 Å². The minimum absolute atomic E-state index is 0.103. The van der Waals surface area contributed by atoms with Crippen molar-refractivity contribution >= 4 is 28.3 Å². The van der Waals surface area contributed by atoms with E-state index in [0.29, 0.717) is 5.56 Å². The summed E-state index contributed by atoms with van der Waals surface area (Å²) in [7, 11) is 0. The molecule has 1 aliphatic carbocycles. The van der Waals surface area contributed by atoms with Gasteiger partial charge in [-0.15, -0.1) is 0 Å². The molecule has 0 N–H and O–H groups in total. The number of hydrogen-bond acceptors (Lipinski definition) is 6. The zero-order valence-corrected chi connectivity index (χ0v) is 15.6. The fourth-order valence-electron chi connectivity index (χ4n) is 3.66. The van der Waals surface area contributed by atoms with E-state index in [1.54, 1.807) is 0 Å². The average Bonchev–Trinajstić information content (AvgIpc) is 2.75. The molecule has 0 spiro atoms. The van der Waals surface area contributed by atoms with Crippen molar-refractivity contribution in [3.05, 3.63) is 81.0 Å². The first-order chi connectivity index (χ1) is 14.0. The van der Waals surface area contributed by atoms with Crippen molar-refractivity contribution in [2.24, 2.45) is 0 Å². The average molecular weight is 390 g/mol. The standard InChI is InChI=1S/C22H18N2O5/c25-20(14-9-11-15(12-10-14)24(27)28)13-29-22(26)21-16-5-1-3-7-18(16)23-19-8-4-2-6-17(19)21/h1,3,5,7,9-12H,2,4,6,8,13H2. The molecule has 1 heterocycles. The van der Waals surface area contributed by atoms with Gasteiger partial charge in [-0.1, -0.05) is 18.2 Å². The molecule has 2 aromatic carbocycles. The molecule has 7 heteroatoms. The van der Waals surface area contributed by atoms with E-state index in [9.17, 15) is 19.7 Å². The second-order valence-corrected chi connectivity index (χ2v) is 6.94. The smallest absolute Gasteiger partial charge is 0.339 e. The van der Waals surface area contributed by atoms with E-state index in [4.69, 9.17) is 9.72 Å². The summed E-state index contributed by atoms with van der Waals surface area (Å²) in [5, 5.41) is 11.4. The Hall–Kier alpha value is -3.61. The van der Waals surface area contributed by atoms with Crippen molar-refractivity contribution in [3.8, 4) is 0 Å². The number of pyridine rings is 1. The highest BCUT2D eigenvalue weighted by Gasteiger charge is 2.24. The van der Waals surface area contributed by atoms with E-state index < -0.39 is 23.3 Å². The highest BCUT2D eigenvalue weighted by molar-refractivity contribution is 6.06. The predicted octanol–water partition coefficient (Wildman–Crippen LogP) is 4.06. The van der Waals surface area contributed by atoms with Gasteiger partial charge in [-0.2, -0.15) is 0 Å². The van der Waals surface area contributed by atoms with Crippen LogP contribution in [-0.2, 0) is 17.6 Å². The molecule has 0 unspecified atom stereocenters. The molecule has 7 nitrogen and oxygen atoms in total. The molecule has 0 bridgehead atoms. The molecule has 0 amide bonds. The number of aryl methyl sites for hydroxylation is 1. The summed E-state index contributed by atoms with van der Waals surface area (Å²) in [5.41, 5.74) is 3.20. The molecule has 0 fully saturated rings. The predicted molar refractivity (Wildman–Crippen MR) is 106 cm³/mol. The van der Waals surface area contributed by atoms with Crippen LogP contribution in [0, 0.1) is 10.1 Å². The van der Waals surface area contributed by atoms with E-state index in [-0.39, 0.29) is 11.3 Å². The first-order valence-corrected chi connectivity index (χ1v) is 9.40. The summed E-state index contributed by atoms with van der Waals surface area (Å²) in [6.07, 6.45) is 3.59. The van der Waals surface area contributed by atoms with Gasteiger partial charge in [0.15, 0.2) is 12.4 Å². The molecule has 146 valence electrons. The van der Waals surface area contributed by atoms with Gasteiger partial charge >= 0.3 is 5.97 Å². The van der Waals surface area contributed by atoms with Crippen molar-refractivity contribution in [2.45, 2.75) is 25.7 Å². The number of rotatable bonds is 5. The van der Waals surface area contributed by atoms with Crippen LogP contribution in [0.1, 0.15) is 44.8 Å². The highest BCUT2D eigenvalue weighted by Crippen LogP contribution is 2.29. The molecule has 1 aromatic heterocycles. The van der Waals surface area contributed by atoms with E-state index in [1.807, 2.05) is 24.3 Å². The van der Waals surface area contributed by atoms with Crippen LogP contribution in [0.15, 0.2) is 48.5 Å². The van der Waals surface area contributed by atoms with Crippen molar-refractivity contribution < 1.29 is 19.2 Å². The fourth-order valence-corrected chi connectivity index (χ4v) is 3.66. The molecule has 0 atom stereocenters. The first kappa shape index (κ1) is 18.7. The Morgan fingerprint density at radius 3 is 2.52 bits per heavy atom. The van der Waals surface area contributed by atoms with Crippen LogP contribution in [0.2, 0.25) is 0 Å². The monoisotopic (exact) mass is 390 g/mol. The number of benzene rings is 2. The number of esters is 1. The van der Waals surface area contributed by atoms with E-state index in [0.717, 1.165) is 47.8 Å². The van der Waals surface area contributed by atoms with E-state index in [2.05, 4.69) is 0 Å². The zero-order chi connectivity index (χ0) is 20.4. The molecule has 1 aliphatic rings. The van der Waals surface area contributed by atoms with Crippen LogP contribution >= 0.6 is 0 Å². The number of nitro benzene ring substituents is 1. The number of Topliss-reactive ketones (excluding diaryl/α,β-unsaturated/α-hetero) is 1. The van der Waals surface area contributed by atoms with E-state index in [1.165, 1.54) is 24.3 Å². The number of nitrogens with zero attached hydrogens (tertiary/aromatic N) is 2. The molecule has 0 saturated carbocycles. The van der Waals surface area contributed by atoms with Gasteiger partial charge in [0.2, 0.25) is 0 Å². The van der Waals surface area contributed by atoms with E-state index >= 15 is 0 Å². The lowest BCUT2D eigenvalue weighted by Gasteiger charge is -2.19. The SMILES string of the molecule is O=C(COC(=O)c1c2c(nc3ccccc13)CCCC2)c1ccc([N+](=O)[O-])cc1. The fraction of sp³-hybridized carbons (Fsp3) is 0.227. The molecular formula is C22H18N2O5. The molecule has 4 rings (SSSR count). The summed E-state index contributed by atoms with van der Waals surface area (Å²) in [4.78, 5) is 40.2. The number of fused-ring (bicyclic) bond motifs is 2. The van der Waals surface area contributed by atoms with Crippen LogP contribution in [0.4, 0.5) is 5.69 Å². The summed E-state index contributed by atoms with van der Waals surface area (Å²) in [6.45, 7) is -0.429. The Labute approximate surface area is 166 Å². The van der Waals surface area contributed by atoms with Gasteiger partial charge < -0.3 is 4.74 Å². The molecule has 0 saturated heterocycles. The van der Waals surface area contributed by atoms with Crippen molar-refractivity contribution in [3.63, 3.8) is 0 Å². The minimum Gasteiger partial charge on any atom is -0.454 e. The highest BCUT2D eigenvalue weighted by atomic mass is 16.6. The zero-order valence-electron chi connectivity index (χ0n) is 15.6. The molecule has 29 heavy (non-hydrogen) atoms. The molecule has 0 radical (unpaired) electrons. The number of nitro groups is 1. The third-order valence-electron chi connectivity index (χ3n) is 5.11. The number of ketones is 1. The molecular weight excluding hydrogens is 372 g/mol. The van der Waals surface area contributed by atoms with Crippen molar-refractivity contribution in [1.29, 1.82) is 0 Å². The van der Waals surface area contributed by atoms with Gasteiger partial charge in [0.05, 0.1) is 16.0 Å². The number of hydrogen-bond donors (Lipinski definition) is 0. The minimum atomic E-state index is -0.544. The Morgan fingerprint density at radius 1 is 1.03 bits per heavy atom. The third-order valence-corrected chi connectivity index (χ3v) is 5.11. The molecule has 3 aromatic rings. The number of carbonyl (C=O) groups is 2. The quantitative estimate of drug-likeness (QED) is 0.282. The van der Waals surface area contributed by atoms with Gasteiger partial charge in [-0.05, 0) is 49.4 Å². The number of para-hydroxylation sites is 1. The Morgan fingerprint density at radius 2 is 1.76 bits per heavy atom. The lowest BCUT2D eigenvalue weighted by Crippen LogP contribution is -2.18. The number of carbonyl (C=O) groups excluding carboxylic acids is 2. The molecule has 0 aliphatic heterocycles. The maximum atomic E-state index is 12.9.